The first kappa shape index (κ1) is 22.0. The number of rotatable bonds is 7. The average molecular weight is 425 g/mol. The molecule has 2 saturated heterocycles. The zero-order chi connectivity index (χ0) is 21.6. The summed E-state index contributed by atoms with van der Waals surface area (Å²) in [5.74, 6) is 1.31. The first-order valence-corrected chi connectivity index (χ1v) is 11.8. The highest BCUT2D eigenvalue weighted by molar-refractivity contribution is 5.95. The largest absolute Gasteiger partial charge is 0.378 e. The predicted molar refractivity (Wildman–Crippen MR) is 122 cm³/mol. The number of carbonyl (C=O) groups is 1. The van der Waals surface area contributed by atoms with Crippen LogP contribution in [-0.2, 0) is 18.2 Å². The van der Waals surface area contributed by atoms with Crippen LogP contribution in [0.1, 0.15) is 53.7 Å². The van der Waals surface area contributed by atoms with Crippen molar-refractivity contribution in [2.24, 2.45) is 13.0 Å². The van der Waals surface area contributed by atoms with Crippen molar-refractivity contribution in [3.05, 3.63) is 53.3 Å². The summed E-state index contributed by atoms with van der Waals surface area (Å²) in [5, 5.41) is 4.66. The van der Waals surface area contributed by atoms with Gasteiger partial charge in [-0.2, -0.15) is 5.10 Å². The number of hydrogen-bond acceptors (Lipinski definition) is 4. The Bertz CT molecular complexity index is 836. The lowest BCUT2D eigenvalue weighted by molar-refractivity contribution is 0.0302. The molecule has 2 fully saturated rings. The molecule has 0 N–H and O–H groups in total. The second-order valence-corrected chi connectivity index (χ2v) is 9.16. The van der Waals surface area contributed by atoms with Gasteiger partial charge >= 0.3 is 0 Å². The normalized spacial score (nSPS) is 19.5. The molecule has 0 radical (unpaired) electrons. The van der Waals surface area contributed by atoms with Crippen LogP contribution in [0.5, 0.6) is 0 Å². The Labute approximate surface area is 186 Å². The van der Waals surface area contributed by atoms with Crippen LogP contribution in [0.3, 0.4) is 0 Å². The second kappa shape index (κ2) is 10.4. The summed E-state index contributed by atoms with van der Waals surface area (Å²) in [4.78, 5) is 17.5. The van der Waals surface area contributed by atoms with E-state index in [1.54, 1.807) is 4.68 Å². The number of aromatic nitrogens is 2. The van der Waals surface area contributed by atoms with E-state index in [-0.39, 0.29) is 5.91 Å². The molecule has 0 aliphatic carbocycles. The number of ether oxygens (including phenoxy) is 1. The monoisotopic (exact) mass is 424 g/mol. The van der Waals surface area contributed by atoms with E-state index in [4.69, 9.17) is 4.74 Å². The SMILES string of the molecule is CC(CCN1CCC(Cc2nn(C)cc2C(=O)N2CCOCC2)CC1)c1ccccc1. The van der Waals surface area contributed by atoms with Gasteiger partial charge in [0.2, 0.25) is 0 Å². The van der Waals surface area contributed by atoms with Crippen molar-refractivity contribution in [3.8, 4) is 0 Å². The summed E-state index contributed by atoms with van der Waals surface area (Å²) in [6.07, 6.45) is 6.36. The van der Waals surface area contributed by atoms with Gasteiger partial charge in [0.15, 0.2) is 0 Å². The van der Waals surface area contributed by atoms with E-state index in [2.05, 4.69) is 47.3 Å². The van der Waals surface area contributed by atoms with Gasteiger partial charge in [0, 0.05) is 26.3 Å². The van der Waals surface area contributed by atoms with Crippen molar-refractivity contribution in [1.29, 1.82) is 0 Å². The van der Waals surface area contributed by atoms with Crippen LogP contribution < -0.4 is 0 Å². The molecule has 1 aromatic carbocycles. The Morgan fingerprint density at radius 2 is 1.84 bits per heavy atom. The summed E-state index contributed by atoms with van der Waals surface area (Å²) in [6.45, 7) is 8.38. The number of morpholine rings is 1. The van der Waals surface area contributed by atoms with Crippen LogP contribution in [0.15, 0.2) is 36.5 Å². The van der Waals surface area contributed by atoms with Crippen molar-refractivity contribution < 1.29 is 9.53 Å². The first-order chi connectivity index (χ1) is 15.1. The fraction of sp³-hybridized carbons (Fsp3) is 0.600. The number of nitrogens with zero attached hydrogens (tertiary/aromatic N) is 4. The van der Waals surface area contributed by atoms with Crippen LogP contribution >= 0.6 is 0 Å². The van der Waals surface area contributed by atoms with Crippen molar-refractivity contribution in [1.82, 2.24) is 19.6 Å². The summed E-state index contributed by atoms with van der Waals surface area (Å²) in [7, 11) is 1.91. The number of aryl methyl sites for hydroxylation is 1. The minimum absolute atomic E-state index is 0.110. The molecule has 0 saturated carbocycles. The number of carbonyl (C=O) groups excluding carboxylic acids is 1. The highest BCUT2D eigenvalue weighted by atomic mass is 16.5. The molecule has 168 valence electrons. The molecular formula is C25H36N4O2. The van der Waals surface area contributed by atoms with Gasteiger partial charge in [-0.25, -0.2) is 0 Å². The number of hydrogen-bond donors (Lipinski definition) is 0. The van der Waals surface area contributed by atoms with E-state index in [0.29, 0.717) is 38.1 Å². The highest BCUT2D eigenvalue weighted by Gasteiger charge is 2.26. The number of benzene rings is 1. The Kier molecular flexibility index (Phi) is 7.41. The first-order valence-electron chi connectivity index (χ1n) is 11.8. The zero-order valence-electron chi connectivity index (χ0n) is 19.0. The van der Waals surface area contributed by atoms with Gasteiger partial charge in [0.05, 0.1) is 24.5 Å². The van der Waals surface area contributed by atoms with E-state index in [9.17, 15) is 4.79 Å². The zero-order valence-corrected chi connectivity index (χ0v) is 19.0. The van der Waals surface area contributed by atoms with Gasteiger partial charge < -0.3 is 14.5 Å². The maximum atomic E-state index is 13.0. The molecule has 6 heteroatoms. The summed E-state index contributed by atoms with van der Waals surface area (Å²) < 4.78 is 7.19. The smallest absolute Gasteiger partial charge is 0.257 e. The van der Waals surface area contributed by atoms with Crippen LogP contribution in [0.2, 0.25) is 0 Å². The molecular weight excluding hydrogens is 388 g/mol. The van der Waals surface area contributed by atoms with Gasteiger partial charge in [-0.3, -0.25) is 9.48 Å². The maximum Gasteiger partial charge on any atom is 0.257 e. The van der Waals surface area contributed by atoms with Gasteiger partial charge in [-0.15, -0.1) is 0 Å². The van der Waals surface area contributed by atoms with Crippen LogP contribution in [-0.4, -0.2) is 71.4 Å². The molecule has 31 heavy (non-hydrogen) atoms. The molecule has 1 aromatic heterocycles. The molecule has 2 aliphatic heterocycles. The van der Waals surface area contributed by atoms with E-state index < -0.39 is 0 Å². The molecule has 2 aliphatic rings. The molecule has 1 amide bonds. The van der Waals surface area contributed by atoms with Crippen molar-refractivity contribution in [2.75, 3.05) is 45.9 Å². The maximum absolute atomic E-state index is 13.0. The van der Waals surface area contributed by atoms with Crippen LogP contribution in [0.4, 0.5) is 0 Å². The Balaban J connectivity index is 1.27. The van der Waals surface area contributed by atoms with Crippen LogP contribution in [0.25, 0.3) is 0 Å². The Hall–Kier alpha value is -2.18. The molecule has 4 rings (SSSR count). The Morgan fingerprint density at radius 1 is 1.13 bits per heavy atom. The van der Waals surface area contributed by atoms with Crippen molar-refractivity contribution in [2.45, 2.75) is 38.5 Å². The fourth-order valence-corrected chi connectivity index (χ4v) is 4.81. The minimum Gasteiger partial charge on any atom is -0.378 e. The molecule has 0 spiro atoms. The third-order valence-corrected chi connectivity index (χ3v) is 6.87. The quantitative estimate of drug-likeness (QED) is 0.684. The van der Waals surface area contributed by atoms with E-state index >= 15 is 0 Å². The van der Waals surface area contributed by atoms with E-state index in [1.165, 1.54) is 24.8 Å². The van der Waals surface area contributed by atoms with E-state index in [0.717, 1.165) is 37.3 Å². The molecule has 1 unspecified atom stereocenters. The van der Waals surface area contributed by atoms with Gasteiger partial charge in [-0.05, 0) is 62.7 Å². The number of amides is 1. The topological polar surface area (TPSA) is 50.6 Å². The third kappa shape index (κ3) is 5.74. The van der Waals surface area contributed by atoms with Crippen molar-refractivity contribution in [3.63, 3.8) is 0 Å². The molecule has 2 aromatic rings. The van der Waals surface area contributed by atoms with Gasteiger partial charge in [0.25, 0.3) is 5.91 Å². The average Bonchev–Trinajstić information content (AvgIpc) is 3.19. The van der Waals surface area contributed by atoms with Crippen LogP contribution in [0, 0.1) is 5.92 Å². The summed E-state index contributed by atoms with van der Waals surface area (Å²) in [5.41, 5.74) is 3.18. The molecule has 3 heterocycles. The fourth-order valence-electron chi connectivity index (χ4n) is 4.81. The third-order valence-electron chi connectivity index (χ3n) is 6.87. The minimum atomic E-state index is 0.110. The lowest BCUT2D eigenvalue weighted by Crippen LogP contribution is -2.41. The number of likely N-dealkylation sites (tertiary alicyclic amines) is 1. The van der Waals surface area contributed by atoms with Gasteiger partial charge in [0.1, 0.15) is 0 Å². The second-order valence-electron chi connectivity index (χ2n) is 9.16. The molecule has 6 nitrogen and oxygen atoms in total. The highest BCUT2D eigenvalue weighted by Crippen LogP contribution is 2.25. The van der Waals surface area contributed by atoms with Gasteiger partial charge in [-0.1, -0.05) is 37.3 Å². The van der Waals surface area contributed by atoms with Crippen molar-refractivity contribution >= 4 is 5.91 Å². The summed E-state index contributed by atoms with van der Waals surface area (Å²) >= 11 is 0. The molecule has 1 atom stereocenters. The Morgan fingerprint density at radius 3 is 2.55 bits per heavy atom. The molecule has 0 bridgehead atoms. The number of piperidine rings is 1. The lowest BCUT2D eigenvalue weighted by Gasteiger charge is -2.32. The predicted octanol–water partition coefficient (Wildman–Crippen LogP) is 3.34. The summed E-state index contributed by atoms with van der Waals surface area (Å²) in [6, 6.07) is 10.8. The van der Waals surface area contributed by atoms with E-state index in [1.807, 2.05) is 18.1 Å². The lowest BCUT2D eigenvalue weighted by atomic mass is 9.90. The standard InChI is InChI=1S/C25H36N4O2/c1-20(22-6-4-3-5-7-22)8-11-28-12-9-21(10-13-28)18-24-23(19-27(2)26-24)25(30)29-14-16-31-17-15-29/h3-7,19-21H,8-18H2,1-2H3.